The number of ether oxygens (including phenoxy) is 2. The summed E-state index contributed by atoms with van der Waals surface area (Å²) in [6.45, 7) is 12.3. The zero-order valence-electron chi connectivity index (χ0n) is 16.6. The molecule has 1 saturated heterocycles. The van der Waals surface area contributed by atoms with Gasteiger partial charge in [0.2, 0.25) is 0 Å². The van der Waals surface area contributed by atoms with E-state index in [1.54, 1.807) is 0 Å². The Morgan fingerprint density at radius 2 is 2.27 bits per heavy atom. The number of aryl methyl sites for hydroxylation is 1. The number of hydrogen-bond acceptors (Lipinski definition) is 3. The van der Waals surface area contributed by atoms with Crippen LogP contribution in [0, 0.1) is 12.8 Å². The molecule has 0 bridgehead atoms. The molecule has 2 rings (SSSR count). The van der Waals surface area contributed by atoms with Gasteiger partial charge in [-0.25, -0.2) is 0 Å². The maximum atomic E-state index is 5.75. The topological polar surface area (TPSA) is 54.9 Å². The second kappa shape index (κ2) is 11.9. The van der Waals surface area contributed by atoms with Crippen LogP contribution in [0.4, 0.5) is 0 Å². The van der Waals surface area contributed by atoms with Crippen molar-refractivity contribution >= 4 is 5.96 Å². The summed E-state index contributed by atoms with van der Waals surface area (Å²) in [5.41, 5.74) is 2.64. The van der Waals surface area contributed by atoms with E-state index >= 15 is 0 Å². The summed E-state index contributed by atoms with van der Waals surface area (Å²) in [7, 11) is 0. The van der Waals surface area contributed by atoms with Crippen molar-refractivity contribution < 1.29 is 9.47 Å². The van der Waals surface area contributed by atoms with Crippen molar-refractivity contribution in [1.29, 1.82) is 0 Å². The fraction of sp³-hybridized carbons (Fsp3) is 0.667. The van der Waals surface area contributed by atoms with Crippen molar-refractivity contribution in [2.45, 2.75) is 39.5 Å². The molecule has 0 amide bonds. The number of nitrogens with one attached hydrogen (secondary N) is 2. The van der Waals surface area contributed by atoms with E-state index in [1.165, 1.54) is 11.1 Å². The van der Waals surface area contributed by atoms with Gasteiger partial charge in [-0.1, -0.05) is 36.8 Å². The van der Waals surface area contributed by atoms with Crippen molar-refractivity contribution in [3.63, 3.8) is 0 Å². The molecule has 0 spiro atoms. The lowest BCUT2D eigenvalue weighted by molar-refractivity contribution is 0.0888. The number of hydrogen-bond donors (Lipinski definition) is 2. The predicted octanol–water partition coefficient (Wildman–Crippen LogP) is 3.10. The smallest absolute Gasteiger partial charge is 0.191 e. The van der Waals surface area contributed by atoms with Gasteiger partial charge in [0.15, 0.2) is 5.96 Å². The molecule has 0 radical (unpaired) electrons. The van der Waals surface area contributed by atoms with Gasteiger partial charge in [0.25, 0.3) is 0 Å². The molecule has 1 aliphatic rings. The summed E-state index contributed by atoms with van der Waals surface area (Å²) in [6.07, 6.45) is 2.11. The van der Waals surface area contributed by atoms with Gasteiger partial charge in [0.1, 0.15) is 0 Å². The molecule has 0 aromatic heterocycles. The first-order chi connectivity index (χ1) is 12.7. The molecule has 5 heteroatoms. The summed E-state index contributed by atoms with van der Waals surface area (Å²) in [5.74, 6) is 1.88. The Balaban J connectivity index is 1.66. The van der Waals surface area contributed by atoms with Crippen LogP contribution in [0.1, 0.15) is 43.7 Å². The summed E-state index contributed by atoms with van der Waals surface area (Å²) >= 11 is 0. The summed E-state index contributed by atoms with van der Waals surface area (Å²) in [5, 5.41) is 6.72. The molecule has 0 aliphatic carbocycles. The molecule has 2 atom stereocenters. The number of aliphatic imine (C=N–C) groups is 1. The molecule has 146 valence electrons. The molecule has 26 heavy (non-hydrogen) atoms. The van der Waals surface area contributed by atoms with E-state index < -0.39 is 0 Å². The van der Waals surface area contributed by atoms with Crippen LogP contribution < -0.4 is 10.6 Å². The minimum atomic E-state index is 0.405. The van der Waals surface area contributed by atoms with Gasteiger partial charge in [0, 0.05) is 44.7 Å². The van der Waals surface area contributed by atoms with Gasteiger partial charge >= 0.3 is 0 Å². The fourth-order valence-electron chi connectivity index (χ4n) is 3.00. The van der Waals surface area contributed by atoms with E-state index in [2.05, 4.69) is 55.7 Å². The molecular formula is C21H35N3O2. The van der Waals surface area contributed by atoms with Crippen LogP contribution in [-0.4, -0.2) is 52.0 Å². The van der Waals surface area contributed by atoms with Gasteiger partial charge in [-0.3, -0.25) is 4.99 Å². The Labute approximate surface area is 158 Å². The third kappa shape index (κ3) is 7.75. The highest BCUT2D eigenvalue weighted by molar-refractivity contribution is 5.79. The minimum Gasteiger partial charge on any atom is -0.381 e. The van der Waals surface area contributed by atoms with Gasteiger partial charge in [-0.2, -0.15) is 0 Å². The second-order valence-corrected chi connectivity index (χ2v) is 7.12. The van der Waals surface area contributed by atoms with Crippen LogP contribution in [0.2, 0.25) is 0 Å². The van der Waals surface area contributed by atoms with Gasteiger partial charge < -0.3 is 20.1 Å². The number of benzene rings is 1. The van der Waals surface area contributed by atoms with E-state index in [1.807, 2.05) is 0 Å². The van der Waals surface area contributed by atoms with Crippen molar-refractivity contribution in [3.05, 3.63) is 35.4 Å². The van der Waals surface area contributed by atoms with Crippen LogP contribution in [0.5, 0.6) is 0 Å². The minimum absolute atomic E-state index is 0.405. The van der Waals surface area contributed by atoms with Crippen molar-refractivity contribution in [1.82, 2.24) is 10.6 Å². The molecule has 1 fully saturated rings. The maximum Gasteiger partial charge on any atom is 0.191 e. The molecule has 2 N–H and O–H groups in total. The Hall–Kier alpha value is -1.59. The SMILES string of the molecule is CCNC(=NCC(C)c1cccc(C)c1)NCCCOCC1CCOC1. The lowest BCUT2D eigenvalue weighted by Gasteiger charge is -2.14. The first-order valence-electron chi connectivity index (χ1n) is 9.93. The van der Waals surface area contributed by atoms with Crippen LogP contribution in [0.25, 0.3) is 0 Å². The number of guanidine groups is 1. The van der Waals surface area contributed by atoms with E-state index in [9.17, 15) is 0 Å². The van der Waals surface area contributed by atoms with Gasteiger partial charge in [-0.15, -0.1) is 0 Å². The second-order valence-electron chi connectivity index (χ2n) is 7.12. The van der Waals surface area contributed by atoms with Crippen molar-refractivity contribution in [2.75, 3.05) is 46.1 Å². The molecule has 1 heterocycles. The average molecular weight is 362 g/mol. The molecule has 1 aliphatic heterocycles. The maximum absolute atomic E-state index is 5.75. The third-order valence-corrected chi connectivity index (χ3v) is 4.61. The number of nitrogens with zero attached hydrogens (tertiary/aromatic N) is 1. The zero-order chi connectivity index (χ0) is 18.6. The lowest BCUT2D eigenvalue weighted by Crippen LogP contribution is -2.38. The van der Waals surface area contributed by atoms with Gasteiger partial charge in [0.05, 0.1) is 13.2 Å². The summed E-state index contributed by atoms with van der Waals surface area (Å²) < 4.78 is 11.1. The van der Waals surface area contributed by atoms with E-state index in [-0.39, 0.29) is 0 Å². The predicted molar refractivity (Wildman–Crippen MR) is 108 cm³/mol. The number of rotatable bonds is 10. The molecule has 2 unspecified atom stereocenters. The van der Waals surface area contributed by atoms with Crippen molar-refractivity contribution in [3.8, 4) is 0 Å². The quantitative estimate of drug-likeness (QED) is 0.382. The van der Waals surface area contributed by atoms with Crippen LogP contribution in [-0.2, 0) is 9.47 Å². The lowest BCUT2D eigenvalue weighted by atomic mass is 10.00. The first-order valence-corrected chi connectivity index (χ1v) is 9.93. The Morgan fingerprint density at radius 1 is 1.38 bits per heavy atom. The average Bonchev–Trinajstić information content (AvgIpc) is 3.15. The van der Waals surface area contributed by atoms with E-state index in [4.69, 9.17) is 14.5 Å². The first kappa shape index (κ1) is 20.7. The summed E-state index contributed by atoms with van der Waals surface area (Å²) in [4.78, 5) is 4.74. The Morgan fingerprint density at radius 3 is 3.00 bits per heavy atom. The van der Waals surface area contributed by atoms with Crippen LogP contribution in [0.15, 0.2) is 29.3 Å². The van der Waals surface area contributed by atoms with E-state index in [0.717, 1.165) is 64.9 Å². The summed E-state index contributed by atoms with van der Waals surface area (Å²) in [6, 6.07) is 8.67. The van der Waals surface area contributed by atoms with E-state index in [0.29, 0.717) is 11.8 Å². The molecule has 1 aromatic rings. The standard InChI is InChI=1S/C21H35N3O2/c1-4-22-21(23-10-6-11-25-15-19-9-12-26-16-19)24-14-18(3)20-8-5-7-17(2)13-20/h5,7-8,13,18-19H,4,6,9-12,14-16H2,1-3H3,(H2,22,23,24). The highest BCUT2D eigenvalue weighted by atomic mass is 16.5. The Kier molecular flexibility index (Phi) is 9.50. The molecular weight excluding hydrogens is 326 g/mol. The molecule has 0 saturated carbocycles. The highest BCUT2D eigenvalue weighted by Crippen LogP contribution is 2.16. The zero-order valence-corrected chi connectivity index (χ0v) is 16.6. The third-order valence-electron chi connectivity index (χ3n) is 4.61. The monoisotopic (exact) mass is 361 g/mol. The van der Waals surface area contributed by atoms with Crippen LogP contribution in [0.3, 0.4) is 0 Å². The largest absolute Gasteiger partial charge is 0.381 e. The normalized spacial score (nSPS) is 18.7. The Bertz CT molecular complexity index is 542. The fourth-order valence-corrected chi connectivity index (χ4v) is 3.00. The molecule has 1 aromatic carbocycles. The van der Waals surface area contributed by atoms with Gasteiger partial charge in [-0.05, 0) is 32.3 Å². The van der Waals surface area contributed by atoms with Crippen LogP contribution >= 0.6 is 0 Å². The highest BCUT2D eigenvalue weighted by Gasteiger charge is 2.15. The molecule has 5 nitrogen and oxygen atoms in total. The van der Waals surface area contributed by atoms with Crippen molar-refractivity contribution in [2.24, 2.45) is 10.9 Å².